The Balaban J connectivity index is 1.33. The Kier molecular flexibility index (Phi) is 8.15. The maximum absolute atomic E-state index is 10.7. The molecule has 0 aliphatic carbocycles. The molecule has 8 nitrogen and oxygen atoms in total. The van der Waals surface area contributed by atoms with E-state index in [4.69, 9.17) is 5.21 Å². The summed E-state index contributed by atoms with van der Waals surface area (Å²) >= 11 is 0. The Hall–Kier alpha value is -5.89. The van der Waals surface area contributed by atoms with Gasteiger partial charge in [0.2, 0.25) is 5.88 Å². The molecule has 1 aliphatic rings. The molecule has 6 aromatic rings. The quantitative estimate of drug-likeness (QED) is 0.131. The maximum atomic E-state index is 10.7. The lowest BCUT2D eigenvalue weighted by Gasteiger charge is -2.36. The van der Waals surface area contributed by atoms with E-state index in [9.17, 15) is 10.2 Å². The van der Waals surface area contributed by atoms with Crippen LogP contribution in [0.1, 0.15) is 48.9 Å². The third kappa shape index (κ3) is 5.25. The molecular weight excluding hydrogens is 596 g/mol. The molecule has 5 aromatic carbocycles. The van der Waals surface area contributed by atoms with E-state index in [1.807, 2.05) is 46.8 Å². The smallest absolute Gasteiger partial charge is 0.251 e. The third-order valence-corrected chi connectivity index (χ3v) is 9.32. The van der Waals surface area contributed by atoms with Crippen molar-refractivity contribution in [2.45, 2.75) is 44.4 Å². The highest BCUT2D eigenvalue weighted by Gasteiger charge is 2.43. The fraction of sp³-hybridized carbons (Fsp3) is 0.175. The molecule has 0 fully saturated rings. The van der Waals surface area contributed by atoms with Gasteiger partial charge in [-0.1, -0.05) is 153 Å². The van der Waals surface area contributed by atoms with Gasteiger partial charge < -0.3 is 20.4 Å². The largest absolute Gasteiger partial charge is 0.491 e. The predicted molar refractivity (Wildman–Crippen MR) is 188 cm³/mol. The summed E-state index contributed by atoms with van der Waals surface area (Å²) in [5.41, 5.74) is 5.56. The van der Waals surface area contributed by atoms with Crippen LogP contribution in [0.5, 0.6) is 0 Å². The first-order chi connectivity index (χ1) is 23.5. The molecule has 1 atom stereocenters. The van der Waals surface area contributed by atoms with Gasteiger partial charge >= 0.3 is 0 Å². The van der Waals surface area contributed by atoms with Crippen molar-refractivity contribution in [3.63, 3.8) is 0 Å². The van der Waals surface area contributed by atoms with Crippen LogP contribution in [0, 0.1) is 0 Å². The molecule has 8 heteroatoms. The van der Waals surface area contributed by atoms with Crippen LogP contribution in [-0.4, -0.2) is 41.0 Å². The second-order valence-electron chi connectivity index (χ2n) is 12.4. The number of rotatable bonds is 10. The van der Waals surface area contributed by atoms with Crippen molar-refractivity contribution in [1.29, 1.82) is 0 Å². The standard InChI is InChI=1S/C40H38N6O2/c1-3-27-39(2)41-37(47)38(48)45(39)28-29-23-25-30(26-24-29)34-21-13-14-22-35(34)36-42-43-44-46(36)40(31-15-7-4-8-16-31,32-17-9-5-10-18-32)33-19-11-6-12-20-33/h4-26,41,47-48H,3,27-28H2,1-2H3. The van der Waals surface area contributed by atoms with Gasteiger partial charge in [-0.15, -0.1) is 5.10 Å². The number of aromatic nitrogens is 4. The Bertz CT molecular complexity index is 1930. The molecule has 0 amide bonds. The van der Waals surface area contributed by atoms with Gasteiger partial charge in [-0.25, -0.2) is 4.68 Å². The number of hydrogen-bond acceptors (Lipinski definition) is 7. The van der Waals surface area contributed by atoms with Crippen molar-refractivity contribution >= 4 is 0 Å². The van der Waals surface area contributed by atoms with E-state index in [0.717, 1.165) is 51.8 Å². The van der Waals surface area contributed by atoms with Crippen LogP contribution >= 0.6 is 0 Å². The van der Waals surface area contributed by atoms with Crippen LogP contribution in [-0.2, 0) is 12.1 Å². The highest BCUT2D eigenvalue weighted by atomic mass is 16.3. The van der Waals surface area contributed by atoms with Gasteiger partial charge in [-0.3, -0.25) is 0 Å². The number of aliphatic hydroxyl groups is 2. The average Bonchev–Trinajstić information content (AvgIpc) is 3.70. The first kappa shape index (κ1) is 30.7. The molecule has 1 unspecified atom stereocenters. The minimum Gasteiger partial charge on any atom is -0.491 e. The van der Waals surface area contributed by atoms with Gasteiger partial charge in [0.25, 0.3) is 5.88 Å². The van der Waals surface area contributed by atoms with E-state index < -0.39 is 11.2 Å². The number of nitrogens with zero attached hydrogens (tertiary/aromatic N) is 5. The van der Waals surface area contributed by atoms with E-state index in [-0.39, 0.29) is 11.8 Å². The van der Waals surface area contributed by atoms with Crippen molar-refractivity contribution in [3.8, 4) is 22.5 Å². The van der Waals surface area contributed by atoms with Gasteiger partial charge in [0.15, 0.2) is 5.82 Å². The fourth-order valence-electron chi connectivity index (χ4n) is 7.06. The Morgan fingerprint density at radius 3 is 1.75 bits per heavy atom. The first-order valence-corrected chi connectivity index (χ1v) is 16.3. The molecule has 48 heavy (non-hydrogen) atoms. The van der Waals surface area contributed by atoms with E-state index in [1.165, 1.54) is 0 Å². The van der Waals surface area contributed by atoms with Gasteiger partial charge in [-0.05, 0) is 57.2 Å². The molecule has 2 heterocycles. The SMILES string of the molecule is CCCC1(C)NC(O)=C(O)N1Cc1ccc(-c2ccccc2-c2nnnn2C(c2ccccc2)(c2ccccc2)c2ccccc2)cc1. The van der Waals surface area contributed by atoms with Crippen LogP contribution in [0.25, 0.3) is 22.5 Å². The van der Waals surface area contributed by atoms with E-state index in [2.05, 4.69) is 132 Å². The zero-order chi connectivity index (χ0) is 33.1. The second kappa shape index (κ2) is 12.7. The lowest BCUT2D eigenvalue weighted by molar-refractivity contribution is 0.0783. The van der Waals surface area contributed by atoms with Crippen LogP contribution in [0.2, 0.25) is 0 Å². The van der Waals surface area contributed by atoms with Crippen molar-refractivity contribution in [2.24, 2.45) is 0 Å². The van der Waals surface area contributed by atoms with E-state index in [0.29, 0.717) is 12.4 Å². The van der Waals surface area contributed by atoms with Crippen molar-refractivity contribution < 1.29 is 10.2 Å². The third-order valence-electron chi connectivity index (χ3n) is 9.32. The van der Waals surface area contributed by atoms with Gasteiger partial charge in [0.05, 0.1) is 0 Å². The topological polar surface area (TPSA) is 99.3 Å². The first-order valence-electron chi connectivity index (χ1n) is 16.3. The molecule has 1 aliphatic heterocycles. The normalized spacial score (nSPS) is 16.2. The molecule has 7 rings (SSSR count). The summed E-state index contributed by atoms with van der Waals surface area (Å²) in [6.07, 6.45) is 1.66. The molecule has 1 aromatic heterocycles. The number of aliphatic hydroxyl groups excluding tert-OH is 2. The van der Waals surface area contributed by atoms with E-state index in [1.54, 1.807) is 0 Å². The molecule has 240 valence electrons. The Morgan fingerprint density at radius 2 is 1.21 bits per heavy atom. The molecular formula is C40H38N6O2. The molecule has 0 saturated carbocycles. The fourth-order valence-corrected chi connectivity index (χ4v) is 7.06. The summed E-state index contributed by atoms with van der Waals surface area (Å²) in [4.78, 5) is 1.82. The predicted octanol–water partition coefficient (Wildman–Crippen LogP) is 8.01. The number of nitrogens with one attached hydrogen (secondary N) is 1. The summed E-state index contributed by atoms with van der Waals surface area (Å²) < 4.78 is 1.96. The summed E-state index contributed by atoms with van der Waals surface area (Å²) in [5.74, 6) is 0.313. The van der Waals surface area contributed by atoms with Crippen LogP contribution in [0.3, 0.4) is 0 Å². The van der Waals surface area contributed by atoms with Gasteiger partial charge in [0.1, 0.15) is 11.2 Å². The Labute approximate surface area is 280 Å². The summed E-state index contributed by atoms with van der Waals surface area (Å²) in [7, 11) is 0. The monoisotopic (exact) mass is 634 g/mol. The lowest BCUT2D eigenvalue weighted by atomic mass is 9.77. The molecule has 0 spiro atoms. The van der Waals surface area contributed by atoms with Gasteiger partial charge in [-0.2, -0.15) is 0 Å². The number of hydrogen-bond donors (Lipinski definition) is 3. The Morgan fingerprint density at radius 1 is 0.688 bits per heavy atom. The summed E-state index contributed by atoms with van der Waals surface area (Å²) in [6.45, 7) is 4.52. The van der Waals surface area contributed by atoms with Crippen LogP contribution in [0.15, 0.2) is 151 Å². The number of benzene rings is 5. The summed E-state index contributed by atoms with van der Waals surface area (Å²) in [6, 6.07) is 47.6. The average molecular weight is 635 g/mol. The highest BCUT2D eigenvalue weighted by molar-refractivity contribution is 5.81. The zero-order valence-electron chi connectivity index (χ0n) is 27.0. The zero-order valence-corrected chi connectivity index (χ0v) is 27.0. The van der Waals surface area contributed by atoms with E-state index >= 15 is 0 Å². The van der Waals surface area contributed by atoms with Crippen molar-refractivity contribution in [1.82, 2.24) is 30.4 Å². The minimum absolute atomic E-state index is 0.133. The molecule has 0 radical (unpaired) electrons. The van der Waals surface area contributed by atoms with Crippen LogP contribution < -0.4 is 5.32 Å². The minimum atomic E-state index is -0.866. The molecule has 0 bridgehead atoms. The molecule has 3 N–H and O–H groups in total. The summed E-state index contributed by atoms with van der Waals surface area (Å²) in [5, 5.41) is 37.7. The molecule has 0 saturated heterocycles. The lowest BCUT2D eigenvalue weighted by Crippen LogP contribution is -2.49. The van der Waals surface area contributed by atoms with Gasteiger partial charge in [0, 0.05) is 12.1 Å². The van der Waals surface area contributed by atoms with Crippen molar-refractivity contribution in [3.05, 3.63) is 174 Å². The van der Waals surface area contributed by atoms with Crippen LogP contribution in [0.4, 0.5) is 0 Å². The highest BCUT2D eigenvalue weighted by Crippen LogP contribution is 2.43. The maximum Gasteiger partial charge on any atom is 0.251 e. The van der Waals surface area contributed by atoms with Crippen molar-refractivity contribution in [2.75, 3.05) is 0 Å². The second-order valence-corrected chi connectivity index (χ2v) is 12.4. The number of tetrazole rings is 1.